The van der Waals surface area contributed by atoms with Crippen LogP contribution in [0.4, 0.5) is 0 Å². The van der Waals surface area contributed by atoms with Crippen LogP contribution in [0, 0.1) is 11.3 Å². The minimum Gasteiger partial charge on any atom is -0.297 e. The molecule has 0 saturated heterocycles. The van der Waals surface area contributed by atoms with E-state index in [1.54, 1.807) is 11.3 Å². The predicted molar refractivity (Wildman–Crippen MR) is 53.3 cm³/mol. The van der Waals surface area contributed by atoms with Crippen LogP contribution in [0.5, 0.6) is 0 Å². The summed E-state index contributed by atoms with van der Waals surface area (Å²) in [4.78, 5) is 7.53. The van der Waals surface area contributed by atoms with Crippen molar-refractivity contribution in [2.75, 3.05) is 13.1 Å². The standard InChI is InChI=1S/C9H13N3S/c1-2-12(5-3-4-10)7-9-6-11-8-13-9/h6,8H,2-3,5,7H2,1H3. The van der Waals surface area contributed by atoms with Gasteiger partial charge in [-0.25, -0.2) is 0 Å². The first kappa shape index (κ1) is 10.2. The second-order valence-electron chi connectivity index (χ2n) is 2.74. The minimum atomic E-state index is 0.604. The van der Waals surface area contributed by atoms with Crippen LogP contribution in [0.25, 0.3) is 0 Å². The number of hydrogen-bond donors (Lipinski definition) is 0. The number of hydrogen-bond acceptors (Lipinski definition) is 4. The van der Waals surface area contributed by atoms with Gasteiger partial charge >= 0.3 is 0 Å². The first-order chi connectivity index (χ1) is 6.36. The number of nitriles is 1. The number of nitrogens with zero attached hydrogens (tertiary/aromatic N) is 3. The molecule has 0 radical (unpaired) electrons. The van der Waals surface area contributed by atoms with Crippen molar-refractivity contribution in [2.24, 2.45) is 0 Å². The van der Waals surface area contributed by atoms with Crippen molar-refractivity contribution in [3.63, 3.8) is 0 Å². The van der Waals surface area contributed by atoms with Crippen molar-refractivity contribution < 1.29 is 0 Å². The van der Waals surface area contributed by atoms with Gasteiger partial charge in [0.15, 0.2) is 0 Å². The monoisotopic (exact) mass is 195 g/mol. The molecular formula is C9H13N3S. The molecule has 70 valence electrons. The van der Waals surface area contributed by atoms with E-state index in [-0.39, 0.29) is 0 Å². The largest absolute Gasteiger partial charge is 0.297 e. The van der Waals surface area contributed by atoms with Crippen LogP contribution in [-0.4, -0.2) is 23.0 Å². The molecule has 1 aromatic heterocycles. The maximum Gasteiger partial charge on any atom is 0.0794 e. The van der Waals surface area contributed by atoms with E-state index in [9.17, 15) is 0 Å². The fraction of sp³-hybridized carbons (Fsp3) is 0.556. The molecule has 0 saturated carbocycles. The molecule has 0 aliphatic heterocycles. The minimum absolute atomic E-state index is 0.604. The predicted octanol–water partition coefficient (Wildman–Crippen LogP) is 1.88. The zero-order valence-electron chi connectivity index (χ0n) is 7.73. The summed E-state index contributed by atoms with van der Waals surface area (Å²) in [5, 5.41) is 8.45. The summed E-state index contributed by atoms with van der Waals surface area (Å²) in [5.41, 5.74) is 1.84. The third-order valence-electron chi connectivity index (χ3n) is 1.85. The van der Waals surface area contributed by atoms with E-state index in [0.29, 0.717) is 6.42 Å². The Morgan fingerprint density at radius 3 is 3.08 bits per heavy atom. The van der Waals surface area contributed by atoms with E-state index in [0.717, 1.165) is 19.6 Å². The quantitative estimate of drug-likeness (QED) is 0.720. The molecule has 1 rings (SSSR count). The third kappa shape index (κ3) is 3.53. The number of aromatic nitrogens is 1. The van der Waals surface area contributed by atoms with E-state index in [4.69, 9.17) is 5.26 Å². The van der Waals surface area contributed by atoms with Crippen molar-refractivity contribution in [3.05, 3.63) is 16.6 Å². The first-order valence-corrected chi connectivity index (χ1v) is 5.21. The van der Waals surface area contributed by atoms with E-state index in [1.807, 2.05) is 11.7 Å². The van der Waals surface area contributed by atoms with E-state index in [1.165, 1.54) is 4.88 Å². The lowest BCUT2D eigenvalue weighted by molar-refractivity contribution is 0.289. The summed E-state index contributed by atoms with van der Waals surface area (Å²) in [5.74, 6) is 0. The van der Waals surface area contributed by atoms with Crippen molar-refractivity contribution in [2.45, 2.75) is 19.9 Å². The highest BCUT2D eigenvalue weighted by Gasteiger charge is 2.03. The molecule has 4 heteroatoms. The van der Waals surface area contributed by atoms with Crippen LogP contribution in [0.1, 0.15) is 18.2 Å². The maximum atomic E-state index is 8.45. The summed E-state index contributed by atoms with van der Waals surface area (Å²) in [6, 6.07) is 2.16. The highest BCUT2D eigenvalue weighted by atomic mass is 32.1. The van der Waals surface area contributed by atoms with Crippen molar-refractivity contribution >= 4 is 11.3 Å². The molecule has 13 heavy (non-hydrogen) atoms. The van der Waals surface area contributed by atoms with E-state index in [2.05, 4.69) is 22.9 Å². The fourth-order valence-electron chi connectivity index (χ4n) is 1.10. The van der Waals surface area contributed by atoms with Gasteiger partial charge in [-0.2, -0.15) is 5.26 Å². The molecule has 0 bridgehead atoms. The summed E-state index contributed by atoms with van der Waals surface area (Å²) < 4.78 is 0. The fourth-order valence-corrected chi connectivity index (χ4v) is 1.73. The Morgan fingerprint density at radius 2 is 2.54 bits per heavy atom. The topological polar surface area (TPSA) is 39.9 Å². The SMILES string of the molecule is CCN(CCC#N)Cc1cncs1. The number of rotatable bonds is 5. The van der Waals surface area contributed by atoms with Gasteiger partial charge in [0.05, 0.1) is 11.6 Å². The van der Waals surface area contributed by atoms with Gasteiger partial charge in [-0.05, 0) is 6.54 Å². The normalized spacial score (nSPS) is 10.2. The molecule has 3 nitrogen and oxygen atoms in total. The Labute approximate surface area is 82.6 Å². The van der Waals surface area contributed by atoms with Gasteiger partial charge in [0.1, 0.15) is 0 Å². The van der Waals surface area contributed by atoms with Gasteiger partial charge in [-0.3, -0.25) is 9.88 Å². The molecule has 1 heterocycles. The molecular weight excluding hydrogens is 182 g/mol. The van der Waals surface area contributed by atoms with Crippen molar-refractivity contribution in [3.8, 4) is 6.07 Å². The maximum absolute atomic E-state index is 8.45. The van der Waals surface area contributed by atoms with Crippen molar-refractivity contribution in [1.82, 2.24) is 9.88 Å². The van der Waals surface area contributed by atoms with Crippen molar-refractivity contribution in [1.29, 1.82) is 5.26 Å². The Morgan fingerprint density at radius 1 is 1.69 bits per heavy atom. The zero-order valence-corrected chi connectivity index (χ0v) is 8.55. The number of thiazole rings is 1. The molecule has 0 fully saturated rings. The lowest BCUT2D eigenvalue weighted by Gasteiger charge is -2.17. The average Bonchev–Trinajstić information content (AvgIpc) is 2.64. The van der Waals surface area contributed by atoms with Gasteiger partial charge in [0.2, 0.25) is 0 Å². The molecule has 0 unspecified atom stereocenters. The summed E-state index contributed by atoms with van der Waals surface area (Å²) in [6.07, 6.45) is 2.49. The highest BCUT2D eigenvalue weighted by molar-refractivity contribution is 7.09. The van der Waals surface area contributed by atoms with Gasteiger partial charge in [-0.1, -0.05) is 6.92 Å². The van der Waals surface area contributed by atoms with E-state index < -0.39 is 0 Å². The summed E-state index contributed by atoms with van der Waals surface area (Å²) in [6.45, 7) is 4.87. The molecule has 0 atom stereocenters. The molecule has 0 aliphatic carbocycles. The summed E-state index contributed by atoms with van der Waals surface area (Å²) >= 11 is 1.66. The van der Waals surface area contributed by atoms with Crippen LogP contribution < -0.4 is 0 Å². The van der Waals surface area contributed by atoms with Crippen LogP contribution in [-0.2, 0) is 6.54 Å². The molecule has 0 aromatic carbocycles. The molecule has 0 amide bonds. The van der Waals surface area contributed by atoms with E-state index >= 15 is 0 Å². The zero-order chi connectivity index (χ0) is 9.52. The highest BCUT2D eigenvalue weighted by Crippen LogP contribution is 2.09. The Hall–Kier alpha value is -0.920. The molecule has 1 aromatic rings. The second kappa shape index (κ2) is 5.68. The molecule has 0 spiro atoms. The van der Waals surface area contributed by atoms with Gasteiger partial charge in [0.25, 0.3) is 0 Å². The first-order valence-electron chi connectivity index (χ1n) is 4.33. The van der Waals surface area contributed by atoms with Crippen LogP contribution in [0.2, 0.25) is 0 Å². The lowest BCUT2D eigenvalue weighted by Crippen LogP contribution is -2.23. The Balaban J connectivity index is 2.36. The Bertz CT molecular complexity index is 263. The van der Waals surface area contributed by atoms with Gasteiger partial charge < -0.3 is 0 Å². The molecule has 0 N–H and O–H groups in total. The lowest BCUT2D eigenvalue weighted by atomic mass is 10.4. The van der Waals surface area contributed by atoms with Crippen LogP contribution in [0.3, 0.4) is 0 Å². The van der Waals surface area contributed by atoms with Gasteiger partial charge in [0, 0.05) is 30.6 Å². The third-order valence-corrected chi connectivity index (χ3v) is 2.61. The second-order valence-corrected chi connectivity index (χ2v) is 3.72. The summed E-state index contributed by atoms with van der Waals surface area (Å²) in [7, 11) is 0. The molecule has 0 aliphatic rings. The van der Waals surface area contributed by atoms with Crippen LogP contribution >= 0.6 is 11.3 Å². The van der Waals surface area contributed by atoms with Gasteiger partial charge in [-0.15, -0.1) is 11.3 Å². The Kier molecular flexibility index (Phi) is 4.44. The van der Waals surface area contributed by atoms with Crippen LogP contribution in [0.15, 0.2) is 11.7 Å². The average molecular weight is 195 g/mol. The smallest absolute Gasteiger partial charge is 0.0794 e.